The summed E-state index contributed by atoms with van der Waals surface area (Å²) < 4.78 is 19.0. The number of urea groups is 1. The van der Waals surface area contributed by atoms with Gasteiger partial charge in [-0.2, -0.15) is 0 Å². The van der Waals surface area contributed by atoms with Crippen LogP contribution in [0.3, 0.4) is 0 Å². The molecular weight excluding hydrogens is 345 g/mol. The van der Waals surface area contributed by atoms with Gasteiger partial charge in [-0.1, -0.05) is 29.8 Å². The molecule has 0 saturated carbocycles. The van der Waals surface area contributed by atoms with E-state index in [0.29, 0.717) is 18.9 Å². The van der Waals surface area contributed by atoms with Crippen LogP contribution in [-0.4, -0.2) is 17.6 Å². The van der Waals surface area contributed by atoms with Gasteiger partial charge in [-0.15, -0.1) is 0 Å². The van der Waals surface area contributed by atoms with Crippen LogP contribution in [0, 0.1) is 5.82 Å². The predicted molar refractivity (Wildman–Crippen MR) is 94.1 cm³/mol. The summed E-state index contributed by atoms with van der Waals surface area (Å²) >= 11 is 5.67. The minimum absolute atomic E-state index is 0.0645. The first-order valence-electron chi connectivity index (χ1n) is 7.61. The number of hydrogen-bond donors (Lipinski definition) is 2. The quantitative estimate of drug-likeness (QED) is 0.704. The number of nitrogens with one attached hydrogen (secondary N) is 2. The predicted octanol–water partition coefficient (Wildman–Crippen LogP) is 4.50. The smallest absolute Gasteiger partial charge is 0.319 e. The summed E-state index contributed by atoms with van der Waals surface area (Å²) in [7, 11) is 0. The van der Waals surface area contributed by atoms with Crippen molar-refractivity contribution in [1.82, 2.24) is 10.3 Å². The molecule has 25 heavy (non-hydrogen) atoms. The van der Waals surface area contributed by atoms with E-state index in [1.807, 2.05) is 30.3 Å². The highest BCUT2D eigenvalue weighted by molar-refractivity contribution is 6.30. The third-order valence-corrected chi connectivity index (χ3v) is 3.65. The van der Waals surface area contributed by atoms with Gasteiger partial charge in [0.1, 0.15) is 12.1 Å². The number of hydrogen-bond acceptors (Lipinski definition) is 3. The number of carbonyl (C=O) groups excluding carboxylic acids is 1. The lowest BCUT2D eigenvalue weighted by molar-refractivity contribution is 0.252. The van der Waals surface area contributed by atoms with Gasteiger partial charge in [-0.3, -0.25) is 0 Å². The molecule has 0 spiro atoms. The molecule has 3 rings (SSSR count). The van der Waals surface area contributed by atoms with Gasteiger partial charge in [-0.05, 0) is 30.3 Å². The van der Waals surface area contributed by atoms with Gasteiger partial charge < -0.3 is 15.1 Å². The highest BCUT2D eigenvalue weighted by atomic mass is 35.5. The molecule has 2 amide bonds. The van der Waals surface area contributed by atoms with Gasteiger partial charge in [-0.25, -0.2) is 14.2 Å². The second-order valence-corrected chi connectivity index (χ2v) is 5.70. The number of oxazole rings is 1. The summed E-state index contributed by atoms with van der Waals surface area (Å²) in [5, 5.41) is 5.33. The van der Waals surface area contributed by atoms with E-state index in [9.17, 15) is 9.18 Å². The second kappa shape index (κ2) is 7.81. The van der Waals surface area contributed by atoms with E-state index < -0.39 is 11.8 Å². The largest absolute Gasteiger partial charge is 0.444 e. The van der Waals surface area contributed by atoms with E-state index in [0.717, 1.165) is 17.3 Å². The van der Waals surface area contributed by atoms with Crippen LogP contribution in [0.5, 0.6) is 0 Å². The number of carbonyl (C=O) groups is 1. The number of amides is 2. The zero-order chi connectivity index (χ0) is 17.6. The molecule has 0 aliphatic heterocycles. The Morgan fingerprint density at radius 2 is 2.00 bits per heavy atom. The van der Waals surface area contributed by atoms with Crippen molar-refractivity contribution >= 4 is 23.3 Å². The van der Waals surface area contributed by atoms with Crippen LogP contribution in [-0.2, 0) is 6.42 Å². The molecule has 0 bridgehead atoms. The van der Waals surface area contributed by atoms with Crippen LogP contribution in [0.1, 0.15) is 5.69 Å². The maximum Gasteiger partial charge on any atom is 0.319 e. The van der Waals surface area contributed by atoms with Crippen molar-refractivity contribution in [1.29, 1.82) is 0 Å². The molecule has 1 heterocycles. The Bertz CT molecular complexity index is 868. The Kier molecular flexibility index (Phi) is 5.30. The summed E-state index contributed by atoms with van der Waals surface area (Å²) in [5.41, 5.74) is 1.67. The monoisotopic (exact) mass is 359 g/mol. The fourth-order valence-electron chi connectivity index (χ4n) is 2.20. The van der Waals surface area contributed by atoms with Crippen molar-refractivity contribution in [2.45, 2.75) is 6.42 Å². The first-order valence-corrected chi connectivity index (χ1v) is 7.99. The van der Waals surface area contributed by atoms with E-state index in [4.69, 9.17) is 16.0 Å². The molecular formula is C18H15ClFN3O2. The Balaban J connectivity index is 1.49. The Morgan fingerprint density at radius 1 is 1.20 bits per heavy atom. The van der Waals surface area contributed by atoms with Crippen LogP contribution in [0.4, 0.5) is 14.9 Å². The normalized spacial score (nSPS) is 10.5. The first kappa shape index (κ1) is 17.0. The number of rotatable bonds is 5. The molecule has 0 aliphatic rings. The summed E-state index contributed by atoms with van der Waals surface area (Å²) in [4.78, 5) is 16.2. The van der Waals surface area contributed by atoms with E-state index in [2.05, 4.69) is 15.6 Å². The molecule has 5 nitrogen and oxygen atoms in total. The first-order chi connectivity index (χ1) is 12.1. The zero-order valence-corrected chi connectivity index (χ0v) is 13.9. The summed E-state index contributed by atoms with van der Waals surface area (Å²) in [5.74, 6) is -0.0602. The molecule has 1 aromatic heterocycles. The fraction of sp³-hybridized carbons (Fsp3) is 0.111. The number of aromatic nitrogens is 1. The lowest BCUT2D eigenvalue weighted by Crippen LogP contribution is -2.30. The van der Waals surface area contributed by atoms with Crippen LogP contribution in [0.25, 0.3) is 11.5 Å². The minimum atomic E-state index is -0.591. The van der Waals surface area contributed by atoms with E-state index >= 15 is 0 Å². The third-order valence-electron chi connectivity index (χ3n) is 3.42. The van der Waals surface area contributed by atoms with E-state index in [-0.39, 0.29) is 10.7 Å². The van der Waals surface area contributed by atoms with E-state index in [1.54, 1.807) is 6.26 Å². The average Bonchev–Trinajstić information content (AvgIpc) is 3.07. The van der Waals surface area contributed by atoms with Gasteiger partial charge in [0, 0.05) is 23.6 Å². The number of nitrogens with zero attached hydrogens (tertiary/aromatic N) is 1. The standard InChI is InChI=1S/C18H15ClFN3O2/c19-13-6-7-16(15(20)10-13)23-18(24)21-9-8-14-11-25-17(22-14)12-4-2-1-3-5-12/h1-7,10-11H,8-9H2,(H2,21,23,24). The molecule has 2 N–H and O–H groups in total. The van der Waals surface area contributed by atoms with Gasteiger partial charge >= 0.3 is 6.03 Å². The Hall–Kier alpha value is -2.86. The van der Waals surface area contributed by atoms with Crippen LogP contribution in [0.2, 0.25) is 5.02 Å². The molecule has 0 aliphatic carbocycles. The Labute approximate surface area is 148 Å². The zero-order valence-electron chi connectivity index (χ0n) is 13.1. The maximum atomic E-state index is 13.6. The lowest BCUT2D eigenvalue weighted by atomic mass is 10.2. The van der Waals surface area contributed by atoms with Crippen LogP contribution < -0.4 is 10.6 Å². The van der Waals surface area contributed by atoms with Crippen molar-refractivity contribution < 1.29 is 13.6 Å². The maximum absolute atomic E-state index is 13.6. The number of anilines is 1. The molecule has 2 aromatic carbocycles. The lowest BCUT2D eigenvalue weighted by Gasteiger charge is -2.07. The van der Waals surface area contributed by atoms with Crippen molar-refractivity contribution in [2.24, 2.45) is 0 Å². The summed E-state index contributed by atoms with van der Waals surface area (Å²) in [6.07, 6.45) is 2.05. The topological polar surface area (TPSA) is 67.2 Å². The molecule has 0 unspecified atom stereocenters. The molecule has 3 aromatic rings. The third kappa shape index (κ3) is 4.58. The highest BCUT2D eigenvalue weighted by Gasteiger charge is 2.09. The van der Waals surface area contributed by atoms with Gasteiger partial charge in [0.15, 0.2) is 0 Å². The summed E-state index contributed by atoms with van der Waals surface area (Å²) in [6, 6.07) is 13.1. The SMILES string of the molecule is O=C(NCCc1coc(-c2ccccc2)n1)Nc1ccc(Cl)cc1F. The molecule has 128 valence electrons. The number of benzene rings is 2. The summed E-state index contributed by atoms with van der Waals surface area (Å²) in [6.45, 7) is 0.335. The highest BCUT2D eigenvalue weighted by Crippen LogP contribution is 2.19. The molecule has 0 atom stereocenters. The molecule has 7 heteroatoms. The van der Waals surface area contributed by atoms with Crippen molar-refractivity contribution in [3.63, 3.8) is 0 Å². The van der Waals surface area contributed by atoms with E-state index in [1.165, 1.54) is 12.1 Å². The average molecular weight is 360 g/mol. The number of halogens is 2. The van der Waals surface area contributed by atoms with Crippen molar-refractivity contribution in [3.05, 3.63) is 71.3 Å². The molecule has 0 radical (unpaired) electrons. The molecule has 0 fully saturated rings. The fourth-order valence-corrected chi connectivity index (χ4v) is 2.36. The van der Waals surface area contributed by atoms with Crippen molar-refractivity contribution in [2.75, 3.05) is 11.9 Å². The van der Waals surface area contributed by atoms with Crippen LogP contribution >= 0.6 is 11.6 Å². The van der Waals surface area contributed by atoms with Crippen LogP contribution in [0.15, 0.2) is 59.2 Å². The van der Waals surface area contributed by atoms with Gasteiger partial charge in [0.05, 0.1) is 11.4 Å². The Morgan fingerprint density at radius 3 is 2.76 bits per heavy atom. The minimum Gasteiger partial charge on any atom is -0.444 e. The van der Waals surface area contributed by atoms with Crippen molar-refractivity contribution in [3.8, 4) is 11.5 Å². The second-order valence-electron chi connectivity index (χ2n) is 5.27. The molecule has 0 saturated heterocycles. The van der Waals surface area contributed by atoms with Gasteiger partial charge in [0.25, 0.3) is 0 Å². The van der Waals surface area contributed by atoms with Gasteiger partial charge in [0.2, 0.25) is 5.89 Å².